The molecule has 0 aliphatic rings. The summed E-state index contributed by atoms with van der Waals surface area (Å²) in [6.45, 7) is 4.18. The van der Waals surface area contributed by atoms with E-state index in [0.717, 1.165) is 16.7 Å². The first kappa shape index (κ1) is 12.6. The predicted molar refractivity (Wildman–Crippen MR) is 70.4 cm³/mol. The highest BCUT2D eigenvalue weighted by atomic mass is 16.5. The Labute approximate surface area is 107 Å². The van der Waals surface area contributed by atoms with Crippen LogP contribution in [-0.4, -0.2) is 10.1 Å². The van der Waals surface area contributed by atoms with Gasteiger partial charge in [0.25, 0.3) is 0 Å². The Hall–Kier alpha value is -1.87. The lowest BCUT2D eigenvalue weighted by Gasteiger charge is -2.10. The maximum absolute atomic E-state index is 9.52. The highest BCUT2D eigenvalue weighted by Crippen LogP contribution is 2.20. The van der Waals surface area contributed by atoms with Crippen molar-refractivity contribution in [3.05, 3.63) is 59.3 Å². The number of nitrogens with zero attached hydrogens (tertiary/aromatic N) is 1. The minimum absolute atomic E-state index is 0.499. The molecule has 0 amide bonds. The summed E-state index contributed by atoms with van der Waals surface area (Å²) in [7, 11) is 0. The smallest absolute Gasteiger partial charge is 0.213 e. The SMILES string of the molecule is Cc1cc(OCc2ccccc2)ncc1C(C)O. The van der Waals surface area contributed by atoms with Crippen LogP contribution < -0.4 is 4.74 Å². The summed E-state index contributed by atoms with van der Waals surface area (Å²) in [4.78, 5) is 4.19. The van der Waals surface area contributed by atoms with Crippen LogP contribution >= 0.6 is 0 Å². The van der Waals surface area contributed by atoms with Gasteiger partial charge in [0.15, 0.2) is 0 Å². The number of rotatable bonds is 4. The zero-order valence-electron chi connectivity index (χ0n) is 10.6. The van der Waals surface area contributed by atoms with Crippen molar-refractivity contribution in [1.29, 1.82) is 0 Å². The van der Waals surface area contributed by atoms with Gasteiger partial charge in [-0.2, -0.15) is 0 Å². The van der Waals surface area contributed by atoms with Gasteiger partial charge in [-0.15, -0.1) is 0 Å². The Kier molecular flexibility index (Phi) is 3.95. The molecule has 1 N–H and O–H groups in total. The molecule has 94 valence electrons. The zero-order valence-corrected chi connectivity index (χ0v) is 10.6. The highest BCUT2D eigenvalue weighted by molar-refractivity contribution is 5.29. The fourth-order valence-corrected chi connectivity index (χ4v) is 1.79. The number of aromatic nitrogens is 1. The molecule has 3 nitrogen and oxygen atoms in total. The van der Waals surface area contributed by atoms with E-state index in [4.69, 9.17) is 4.74 Å². The third kappa shape index (κ3) is 3.08. The number of ether oxygens (including phenoxy) is 1. The Bertz CT molecular complexity index is 509. The van der Waals surface area contributed by atoms with Gasteiger partial charge in [0.2, 0.25) is 5.88 Å². The van der Waals surface area contributed by atoms with Crippen molar-refractivity contribution in [2.45, 2.75) is 26.6 Å². The minimum atomic E-state index is -0.499. The Balaban J connectivity index is 2.05. The maximum Gasteiger partial charge on any atom is 0.213 e. The van der Waals surface area contributed by atoms with Gasteiger partial charge in [-0.25, -0.2) is 4.98 Å². The molecule has 1 aromatic heterocycles. The van der Waals surface area contributed by atoms with E-state index in [1.807, 2.05) is 43.3 Å². The van der Waals surface area contributed by atoms with Gasteiger partial charge in [-0.05, 0) is 25.0 Å². The van der Waals surface area contributed by atoms with Crippen molar-refractivity contribution in [3.63, 3.8) is 0 Å². The molecular weight excluding hydrogens is 226 g/mol. The van der Waals surface area contributed by atoms with E-state index in [9.17, 15) is 5.11 Å². The van der Waals surface area contributed by atoms with Crippen LogP contribution in [0.1, 0.15) is 29.7 Å². The summed E-state index contributed by atoms with van der Waals surface area (Å²) in [6, 6.07) is 11.8. The van der Waals surface area contributed by atoms with E-state index >= 15 is 0 Å². The van der Waals surface area contributed by atoms with Gasteiger partial charge in [0.05, 0.1) is 6.10 Å². The van der Waals surface area contributed by atoms with Crippen LogP contribution in [-0.2, 0) is 6.61 Å². The van der Waals surface area contributed by atoms with Crippen molar-refractivity contribution in [2.24, 2.45) is 0 Å². The van der Waals surface area contributed by atoms with Crippen LogP contribution in [0.5, 0.6) is 5.88 Å². The number of hydrogen-bond donors (Lipinski definition) is 1. The number of aliphatic hydroxyl groups is 1. The van der Waals surface area contributed by atoms with Crippen molar-refractivity contribution in [2.75, 3.05) is 0 Å². The van der Waals surface area contributed by atoms with Gasteiger partial charge >= 0.3 is 0 Å². The molecule has 0 aliphatic carbocycles. The van der Waals surface area contributed by atoms with E-state index in [2.05, 4.69) is 4.98 Å². The first-order valence-electron chi connectivity index (χ1n) is 5.98. The van der Waals surface area contributed by atoms with Crippen LogP contribution in [0.2, 0.25) is 0 Å². The van der Waals surface area contributed by atoms with Crippen LogP contribution in [0.3, 0.4) is 0 Å². The third-order valence-corrected chi connectivity index (χ3v) is 2.81. The minimum Gasteiger partial charge on any atom is -0.473 e. The van der Waals surface area contributed by atoms with Crippen LogP contribution in [0.25, 0.3) is 0 Å². The van der Waals surface area contributed by atoms with Gasteiger partial charge in [-0.1, -0.05) is 30.3 Å². The van der Waals surface area contributed by atoms with Crippen molar-refractivity contribution in [1.82, 2.24) is 4.98 Å². The number of aliphatic hydroxyl groups excluding tert-OH is 1. The Morgan fingerprint density at radius 1 is 1.28 bits per heavy atom. The molecule has 2 rings (SSSR count). The summed E-state index contributed by atoms with van der Waals surface area (Å²) in [5.74, 6) is 0.584. The molecule has 0 aliphatic heterocycles. The monoisotopic (exact) mass is 243 g/mol. The average molecular weight is 243 g/mol. The second-order valence-electron chi connectivity index (χ2n) is 4.33. The van der Waals surface area contributed by atoms with Crippen molar-refractivity contribution in [3.8, 4) is 5.88 Å². The average Bonchev–Trinajstić information content (AvgIpc) is 2.37. The molecule has 1 unspecified atom stereocenters. The van der Waals surface area contributed by atoms with Gasteiger partial charge in [0.1, 0.15) is 6.61 Å². The Morgan fingerprint density at radius 3 is 2.61 bits per heavy atom. The first-order chi connectivity index (χ1) is 8.66. The molecular formula is C15H17NO2. The van der Waals surface area contributed by atoms with Gasteiger partial charge in [0, 0.05) is 17.8 Å². The molecule has 0 saturated heterocycles. The number of aryl methyl sites for hydroxylation is 1. The molecule has 0 spiro atoms. The number of hydrogen-bond acceptors (Lipinski definition) is 3. The quantitative estimate of drug-likeness (QED) is 0.897. The lowest BCUT2D eigenvalue weighted by atomic mass is 10.1. The van der Waals surface area contributed by atoms with E-state index < -0.39 is 6.10 Å². The predicted octanol–water partition coefficient (Wildman–Crippen LogP) is 3.02. The molecule has 2 aromatic rings. The van der Waals surface area contributed by atoms with Gasteiger partial charge < -0.3 is 9.84 Å². The standard InChI is InChI=1S/C15H17NO2/c1-11-8-15(16-9-14(11)12(2)17)18-10-13-6-4-3-5-7-13/h3-9,12,17H,10H2,1-2H3. The lowest BCUT2D eigenvalue weighted by Crippen LogP contribution is -2.01. The summed E-state index contributed by atoms with van der Waals surface area (Å²) in [5, 5.41) is 9.52. The first-order valence-corrected chi connectivity index (χ1v) is 5.98. The van der Waals surface area contributed by atoms with Crippen LogP contribution in [0, 0.1) is 6.92 Å². The number of benzene rings is 1. The summed E-state index contributed by atoms with van der Waals surface area (Å²) >= 11 is 0. The summed E-state index contributed by atoms with van der Waals surface area (Å²) < 4.78 is 5.61. The third-order valence-electron chi connectivity index (χ3n) is 2.81. The molecule has 18 heavy (non-hydrogen) atoms. The molecule has 0 saturated carbocycles. The van der Waals surface area contributed by atoms with Crippen LogP contribution in [0.4, 0.5) is 0 Å². The fraction of sp³-hybridized carbons (Fsp3) is 0.267. The highest BCUT2D eigenvalue weighted by Gasteiger charge is 2.07. The molecule has 0 radical (unpaired) electrons. The number of pyridine rings is 1. The zero-order chi connectivity index (χ0) is 13.0. The molecule has 1 aromatic carbocycles. The van der Waals surface area contributed by atoms with Crippen molar-refractivity contribution >= 4 is 0 Å². The van der Waals surface area contributed by atoms with Crippen molar-refractivity contribution < 1.29 is 9.84 Å². The second kappa shape index (κ2) is 5.65. The second-order valence-corrected chi connectivity index (χ2v) is 4.33. The van der Waals surface area contributed by atoms with E-state index in [1.165, 1.54) is 0 Å². The topological polar surface area (TPSA) is 42.4 Å². The van der Waals surface area contributed by atoms with E-state index in [0.29, 0.717) is 12.5 Å². The Morgan fingerprint density at radius 2 is 2.00 bits per heavy atom. The van der Waals surface area contributed by atoms with Gasteiger partial charge in [-0.3, -0.25) is 0 Å². The van der Waals surface area contributed by atoms with E-state index in [1.54, 1.807) is 13.1 Å². The lowest BCUT2D eigenvalue weighted by molar-refractivity contribution is 0.197. The summed E-state index contributed by atoms with van der Waals surface area (Å²) in [6.07, 6.45) is 1.17. The largest absolute Gasteiger partial charge is 0.473 e. The molecule has 0 bridgehead atoms. The normalized spacial score (nSPS) is 12.2. The molecule has 0 fully saturated rings. The van der Waals surface area contributed by atoms with Crippen LogP contribution in [0.15, 0.2) is 42.6 Å². The fourth-order valence-electron chi connectivity index (χ4n) is 1.79. The summed E-state index contributed by atoms with van der Waals surface area (Å²) in [5.41, 5.74) is 2.93. The van der Waals surface area contributed by atoms with E-state index in [-0.39, 0.29) is 0 Å². The molecule has 3 heteroatoms. The molecule has 1 heterocycles. The maximum atomic E-state index is 9.52. The molecule has 1 atom stereocenters.